The maximum atomic E-state index is 11.6. The van der Waals surface area contributed by atoms with Crippen molar-refractivity contribution in [2.45, 2.75) is 26.3 Å². The lowest BCUT2D eigenvalue weighted by molar-refractivity contribution is -0.136. The van der Waals surface area contributed by atoms with E-state index in [1.165, 1.54) is 11.3 Å². The van der Waals surface area contributed by atoms with Crippen LogP contribution in [0.4, 0.5) is 4.79 Å². The van der Waals surface area contributed by atoms with Crippen LogP contribution in [0.3, 0.4) is 0 Å². The Hall–Kier alpha value is -1.69. The molecule has 1 fully saturated rings. The van der Waals surface area contributed by atoms with Crippen molar-refractivity contribution in [2.24, 2.45) is 0 Å². The summed E-state index contributed by atoms with van der Waals surface area (Å²) in [7, 11) is 0. The number of imide groups is 2. The van der Waals surface area contributed by atoms with Crippen LogP contribution < -0.4 is 5.32 Å². The first-order valence-corrected chi connectivity index (χ1v) is 6.19. The van der Waals surface area contributed by atoms with E-state index in [2.05, 4.69) is 5.32 Å². The largest absolute Gasteiger partial charge is 0.331 e. The normalized spacial score (nSPS) is 16.3. The topological polar surface area (TPSA) is 66.5 Å². The fourth-order valence-electron chi connectivity index (χ4n) is 1.70. The number of amides is 4. The smallest absolute Gasteiger partial charge is 0.277 e. The van der Waals surface area contributed by atoms with Gasteiger partial charge in [0.05, 0.1) is 6.54 Å². The molecule has 17 heavy (non-hydrogen) atoms. The number of nitrogens with zero attached hydrogens (tertiary/aromatic N) is 1. The van der Waals surface area contributed by atoms with Crippen molar-refractivity contribution in [2.75, 3.05) is 0 Å². The molecule has 1 aliphatic rings. The summed E-state index contributed by atoms with van der Waals surface area (Å²) in [5.41, 5.74) is 1.13. The quantitative estimate of drug-likeness (QED) is 0.824. The third-order valence-electron chi connectivity index (χ3n) is 2.62. The van der Waals surface area contributed by atoms with E-state index >= 15 is 0 Å². The molecule has 0 radical (unpaired) electrons. The first-order chi connectivity index (χ1) is 8.11. The zero-order chi connectivity index (χ0) is 12.4. The Balaban J connectivity index is 2.15. The lowest BCUT2D eigenvalue weighted by Gasteiger charge is -2.24. The summed E-state index contributed by atoms with van der Waals surface area (Å²) in [6.45, 7) is 2.27. The van der Waals surface area contributed by atoms with Gasteiger partial charge in [-0.15, -0.1) is 11.3 Å². The number of hydrogen-bond donors (Lipinski definition) is 1. The van der Waals surface area contributed by atoms with Crippen molar-refractivity contribution in [1.29, 1.82) is 0 Å². The third kappa shape index (κ3) is 2.36. The molecule has 6 heteroatoms. The number of thiophene rings is 1. The summed E-state index contributed by atoms with van der Waals surface area (Å²) >= 11 is 1.51. The average Bonchev–Trinajstić information content (AvgIpc) is 2.70. The molecule has 0 aromatic carbocycles. The lowest BCUT2D eigenvalue weighted by Crippen LogP contribution is -2.52. The molecule has 1 aromatic rings. The third-order valence-corrected chi connectivity index (χ3v) is 3.57. The van der Waals surface area contributed by atoms with Gasteiger partial charge in [-0.2, -0.15) is 0 Å². The Labute approximate surface area is 102 Å². The molecular formula is C11H12N2O3S. The summed E-state index contributed by atoms with van der Waals surface area (Å²) in [4.78, 5) is 36.2. The molecule has 1 N–H and O–H groups in total. The summed E-state index contributed by atoms with van der Waals surface area (Å²) in [5, 5.41) is 4.08. The molecule has 4 amide bonds. The standard InChI is InChI=1S/C11H12N2O3S/c1-2-7-3-4-17-8(7)6-13-10(15)5-9(14)12-11(13)16/h3-4H,2,5-6H2,1H3,(H,12,14,16). The highest BCUT2D eigenvalue weighted by Crippen LogP contribution is 2.20. The Morgan fingerprint density at radius 2 is 2.18 bits per heavy atom. The van der Waals surface area contributed by atoms with Gasteiger partial charge in [0.2, 0.25) is 11.8 Å². The summed E-state index contributed by atoms with van der Waals surface area (Å²) < 4.78 is 0. The maximum Gasteiger partial charge on any atom is 0.331 e. The van der Waals surface area contributed by atoms with E-state index in [-0.39, 0.29) is 13.0 Å². The van der Waals surface area contributed by atoms with Crippen LogP contribution in [0.15, 0.2) is 11.4 Å². The number of aryl methyl sites for hydroxylation is 1. The molecule has 1 aliphatic heterocycles. The second-order valence-electron chi connectivity index (χ2n) is 3.73. The molecule has 90 valence electrons. The molecule has 2 heterocycles. The average molecular weight is 252 g/mol. The molecular weight excluding hydrogens is 240 g/mol. The number of barbiturate groups is 1. The zero-order valence-corrected chi connectivity index (χ0v) is 10.2. The van der Waals surface area contributed by atoms with Gasteiger partial charge in [-0.3, -0.25) is 19.8 Å². The minimum Gasteiger partial charge on any atom is -0.277 e. The van der Waals surface area contributed by atoms with Crippen molar-refractivity contribution in [1.82, 2.24) is 10.2 Å². The number of carbonyl (C=O) groups is 3. The highest BCUT2D eigenvalue weighted by Gasteiger charge is 2.31. The van der Waals surface area contributed by atoms with Gasteiger partial charge < -0.3 is 0 Å². The van der Waals surface area contributed by atoms with Crippen LogP contribution in [0.2, 0.25) is 0 Å². The second kappa shape index (κ2) is 4.67. The van der Waals surface area contributed by atoms with Crippen molar-refractivity contribution in [3.8, 4) is 0 Å². The van der Waals surface area contributed by atoms with Gasteiger partial charge in [0.1, 0.15) is 6.42 Å². The summed E-state index contributed by atoms with van der Waals surface area (Å²) in [6, 6.07) is 1.36. The summed E-state index contributed by atoms with van der Waals surface area (Å²) in [6.07, 6.45) is 0.611. The van der Waals surface area contributed by atoms with Crippen LogP contribution in [-0.4, -0.2) is 22.7 Å². The molecule has 0 bridgehead atoms. The molecule has 0 saturated carbocycles. The molecule has 0 atom stereocenters. The Morgan fingerprint density at radius 3 is 2.82 bits per heavy atom. The second-order valence-corrected chi connectivity index (χ2v) is 4.73. The Kier molecular flexibility index (Phi) is 3.23. The maximum absolute atomic E-state index is 11.6. The number of nitrogens with one attached hydrogen (secondary N) is 1. The minimum absolute atomic E-state index is 0.249. The highest BCUT2D eigenvalue weighted by molar-refractivity contribution is 7.10. The summed E-state index contributed by atoms with van der Waals surface area (Å²) in [5.74, 6) is -0.965. The molecule has 0 spiro atoms. The van der Waals surface area contributed by atoms with Crippen LogP contribution in [-0.2, 0) is 22.6 Å². The predicted molar refractivity (Wildman–Crippen MR) is 62.4 cm³/mol. The number of carbonyl (C=O) groups excluding carboxylic acids is 3. The van der Waals surface area contributed by atoms with Gasteiger partial charge in [-0.1, -0.05) is 6.92 Å². The number of hydrogen-bond acceptors (Lipinski definition) is 4. The monoisotopic (exact) mass is 252 g/mol. The van der Waals surface area contributed by atoms with Crippen LogP contribution in [0, 0.1) is 0 Å². The van der Waals surface area contributed by atoms with Crippen molar-refractivity contribution in [3.05, 3.63) is 21.9 Å². The van der Waals surface area contributed by atoms with Crippen molar-refractivity contribution < 1.29 is 14.4 Å². The van der Waals surface area contributed by atoms with E-state index in [4.69, 9.17) is 0 Å². The zero-order valence-electron chi connectivity index (χ0n) is 9.36. The number of urea groups is 1. The van der Waals surface area contributed by atoms with Gasteiger partial charge in [0.25, 0.3) is 0 Å². The Morgan fingerprint density at radius 1 is 1.41 bits per heavy atom. The van der Waals surface area contributed by atoms with E-state index in [0.29, 0.717) is 0 Å². The van der Waals surface area contributed by atoms with E-state index in [0.717, 1.165) is 21.8 Å². The van der Waals surface area contributed by atoms with E-state index in [1.54, 1.807) is 0 Å². The molecule has 0 unspecified atom stereocenters. The van der Waals surface area contributed by atoms with E-state index in [9.17, 15) is 14.4 Å². The first-order valence-electron chi connectivity index (χ1n) is 5.31. The van der Waals surface area contributed by atoms with Crippen LogP contribution in [0.5, 0.6) is 0 Å². The minimum atomic E-state index is -0.623. The van der Waals surface area contributed by atoms with Crippen LogP contribution in [0.1, 0.15) is 23.8 Å². The van der Waals surface area contributed by atoms with Gasteiger partial charge in [-0.25, -0.2) is 4.79 Å². The van der Waals surface area contributed by atoms with Crippen LogP contribution >= 0.6 is 11.3 Å². The van der Waals surface area contributed by atoms with E-state index < -0.39 is 17.8 Å². The fourth-order valence-corrected chi connectivity index (χ4v) is 2.67. The Bertz CT molecular complexity index is 461. The van der Waals surface area contributed by atoms with Gasteiger partial charge in [-0.05, 0) is 23.4 Å². The van der Waals surface area contributed by atoms with E-state index in [1.807, 2.05) is 18.4 Å². The van der Waals surface area contributed by atoms with Gasteiger partial charge >= 0.3 is 6.03 Å². The SMILES string of the molecule is CCc1ccsc1CN1C(=O)CC(=O)NC1=O. The molecule has 1 saturated heterocycles. The molecule has 0 aliphatic carbocycles. The van der Waals surface area contributed by atoms with Crippen molar-refractivity contribution in [3.63, 3.8) is 0 Å². The number of rotatable bonds is 3. The molecule has 1 aromatic heterocycles. The lowest BCUT2D eigenvalue weighted by atomic mass is 10.2. The molecule has 2 rings (SSSR count). The first kappa shape index (κ1) is 11.8. The molecule has 5 nitrogen and oxygen atoms in total. The van der Waals surface area contributed by atoms with Crippen molar-refractivity contribution >= 4 is 29.2 Å². The van der Waals surface area contributed by atoms with Gasteiger partial charge in [0.15, 0.2) is 0 Å². The predicted octanol–water partition coefficient (Wildman–Crippen LogP) is 1.28. The highest BCUT2D eigenvalue weighted by atomic mass is 32.1. The van der Waals surface area contributed by atoms with Crippen LogP contribution in [0.25, 0.3) is 0 Å². The fraction of sp³-hybridized carbons (Fsp3) is 0.364. The van der Waals surface area contributed by atoms with Gasteiger partial charge in [0, 0.05) is 4.88 Å².